The molecule has 0 rings (SSSR count). The summed E-state index contributed by atoms with van der Waals surface area (Å²) in [6, 6.07) is 0. The number of hydrogen-bond donors (Lipinski definition) is 0. The number of hydrogen-bond acceptors (Lipinski definition) is 0. The van der Waals surface area contributed by atoms with Crippen LogP contribution < -0.4 is 0 Å². The van der Waals surface area contributed by atoms with E-state index in [1.54, 1.807) is 0 Å². The predicted molar refractivity (Wildman–Crippen MR) is 29.6 cm³/mol. The van der Waals surface area contributed by atoms with Crippen LogP contribution in [0.1, 0.15) is 13.8 Å². The van der Waals surface area contributed by atoms with Crippen molar-refractivity contribution in [1.82, 2.24) is 0 Å². The minimum atomic E-state index is 0. The summed E-state index contributed by atoms with van der Waals surface area (Å²) in [6.07, 6.45) is 8.00. The van der Waals surface area contributed by atoms with Crippen LogP contribution in [-0.4, -0.2) is 0 Å². The second kappa shape index (κ2) is 9.44. The van der Waals surface area contributed by atoms with E-state index in [1.165, 1.54) is 0 Å². The Morgan fingerprint density at radius 3 is 1.29 bits per heavy atom. The molecule has 0 aliphatic rings. The molecule has 0 nitrogen and oxygen atoms in total. The van der Waals surface area contributed by atoms with Gasteiger partial charge < -0.3 is 0 Å². The van der Waals surface area contributed by atoms with Crippen LogP contribution in [-0.2, 0) is 19.5 Å². The summed E-state index contributed by atoms with van der Waals surface area (Å²) >= 11 is 0. The van der Waals surface area contributed by atoms with Gasteiger partial charge in [-0.2, -0.15) is 0 Å². The van der Waals surface area contributed by atoms with Gasteiger partial charge in [0.25, 0.3) is 0 Å². The SMILES string of the molecule is C/C=C/C=C/C.[Ru]. The van der Waals surface area contributed by atoms with Gasteiger partial charge in [-0.1, -0.05) is 24.3 Å². The number of allylic oxidation sites excluding steroid dienone is 4. The van der Waals surface area contributed by atoms with Crippen molar-refractivity contribution in [2.75, 3.05) is 0 Å². The molecular formula is C6H10Ru. The zero-order chi connectivity index (χ0) is 4.83. The fourth-order valence-corrected chi connectivity index (χ4v) is 0.222. The molecule has 0 radical (unpaired) electrons. The van der Waals surface area contributed by atoms with E-state index in [1.807, 2.05) is 38.2 Å². The summed E-state index contributed by atoms with van der Waals surface area (Å²) < 4.78 is 0. The molecule has 0 N–H and O–H groups in total. The van der Waals surface area contributed by atoms with E-state index in [0.29, 0.717) is 0 Å². The molecule has 1 heteroatoms. The summed E-state index contributed by atoms with van der Waals surface area (Å²) in [7, 11) is 0. The van der Waals surface area contributed by atoms with Crippen LogP contribution in [0.5, 0.6) is 0 Å². The van der Waals surface area contributed by atoms with Gasteiger partial charge in [0.1, 0.15) is 0 Å². The quantitative estimate of drug-likeness (QED) is 0.431. The van der Waals surface area contributed by atoms with Crippen molar-refractivity contribution in [3.63, 3.8) is 0 Å². The third-order valence-corrected chi connectivity index (χ3v) is 0.496. The monoisotopic (exact) mass is 184 g/mol. The van der Waals surface area contributed by atoms with E-state index in [0.717, 1.165) is 0 Å². The van der Waals surface area contributed by atoms with Gasteiger partial charge in [0.2, 0.25) is 0 Å². The summed E-state index contributed by atoms with van der Waals surface area (Å²) in [6.45, 7) is 4.00. The van der Waals surface area contributed by atoms with Crippen LogP contribution in [0.4, 0.5) is 0 Å². The Morgan fingerprint density at radius 2 is 1.14 bits per heavy atom. The van der Waals surface area contributed by atoms with Crippen molar-refractivity contribution in [3.8, 4) is 0 Å². The van der Waals surface area contributed by atoms with E-state index >= 15 is 0 Å². The first-order valence-electron chi connectivity index (χ1n) is 2.15. The molecule has 0 fully saturated rings. The van der Waals surface area contributed by atoms with Crippen LogP contribution in [0, 0.1) is 0 Å². The van der Waals surface area contributed by atoms with E-state index in [9.17, 15) is 0 Å². The molecule has 0 saturated carbocycles. The molecule has 0 atom stereocenters. The van der Waals surface area contributed by atoms with Gasteiger partial charge in [0.05, 0.1) is 0 Å². The fraction of sp³-hybridized carbons (Fsp3) is 0.333. The summed E-state index contributed by atoms with van der Waals surface area (Å²) in [5.41, 5.74) is 0. The molecule has 42 valence electrons. The van der Waals surface area contributed by atoms with Crippen molar-refractivity contribution in [1.29, 1.82) is 0 Å². The maximum Gasteiger partial charge on any atom is 0 e. The standard InChI is InChI=1S/C6H10.Ru/c1-3-5-6-4-2;/h3-6H,1-2H3;/b5-3+,6-4+;. The third-order valence-electron chi connectivity index (χ3n) is 0.496. The third kappa shape index (κ3) is 10.7. The van der Waals surface area contributed by atoms with E-state index in [-0.39, 0.29) is 19.5 Å². The average molecular weight is 183 g/mol. The van der Waals surface area contributed by atoms with Crippen molar-refractivity contribution in [2.45, 2.75) is 13.8 Å². The smallest absolute Gasteiger partial charge is 0 e. The van der Waals surface area contributed by atoms with Crippen LogP contribution in [0.15, 0.2) is 24.3 Å². The van der Waals surface area contributed by atoms with Gasteiger partial charge in [-0.15, -0.1) is 0 Å². The second-order valence-electron chi connectivity index (χ2n) is 1.05. The Kier molecular flexibility index (Phi) is 13.7. The van der Waals surface area contributed by atoms with Crippen molar-refractivity contribution >= 4 is 0 Å². The maximum atomic E-state index is 2.00. The Morgan fingerprint density at radius 1 is 0.857 bits per heavy atom. The topological polar surface area (TPSA) is 0 Å². The molecule has 0 spiro atoms. The van der Waals surface area contributed by atoms with Gasteiger partial charge in [-0.05, 0) is 13.8 Å². The first-order chi connectivity index (χ1) is 2.91. The second-order valence-corrected chi connectivity index (χ2v) is 1.05. The molecule has 0 aromatic heterocycles. The normalized spacial score (nSPS) is 10.0. The first kappa shape index (κ1) is 10.2. The summed E-state index contributed by atoms with van der Waals surface area (Å²) in [5.74, 6) is 0. The zero-order valence-electron chi connectivity index (χ0n) is 4.66. The van der Waals surface area contributed by atoms with Crippen molar-refractivity contribution < 1.29 is 19.5 Å². The molecule has 0 aromatic carbocycles. The van der Waals surface area contributed by atoms with E-state index in [4.69, 9.17) is 0 Å². The predicted octanol–water partition coefficient (Wildman–Crippen LogP) is 2.14. The molecule has 0 saturated heterocycles. The van der Waals surface area contributed by atoms with Gasteiger partial charge >= 0.3 is 0 Å². The summed E-state index contributed by atoms with van der Waals surface area (Å²) in [4.78, 5) is 0. The molecule has 0 bridgehead atoms. The molecule has 0 aliphatic carbocycles. The fourth-order valence-electron chi connectivity index (χ4n) is 0.222. The van der Waals surface area contributed by atoms with Crippen LogP contribution in [0.25, 0.3) is 0 Å². The Bertz CT molecular complexity index is 52.6. The molecule has 0 amide bonds. The largest absolute Gasteiger partial charge is 0.0877 e. The Hall–Kier alpha value is 0.103. The Balaban J connectivity index is 0. The van der Waals surface area contributed by atoms with E-state index in [2.05, 4.69) is 0 Å². The van der Waals surface area contributed by atoms with E-state index < -0.39 is 0 Å². The van der Waals surface area contributed by atoms with Crippen LogP contribution in [0.2, 0.25) is 0 Å². The van der Waals surface area contributed by atoms with Crippen molar-refractivity contribution in [3.05, 3.63) is 24.3 Å². The van der Waals surface area contributed by atoms with Gasteiger partial charge in [-0.3, -0.25) is 0 Å². The first-order valence-corrected chi connectivity index (χ1v) is 2.15. The molecular weight excluding hydrogens is 173 g/mol. The molecule has 0 aromatic rings. The van der Waals surface area contributed by atoms with Gasteiger partial charge in [0.15, 0.2) is 0 Å². The maximum absolute atomic E-state index is 2.00. The Labute approximate surface area is 58.1 Å². The minimum absolute atomic E-state index is 0. The summed E-state index contributed by atoms with van der Waals surface area (Å²) in [5, 5.41) is 0. The molecule has 0 aliphatic heterocycles. The zero-order valence-corrected chi connectivity index (χ0v) is 6.40. The number of rotatable bonds is 1. The van der Waals surface area contributed by atoms with Gasteiger partial charge in [-0.25, -0.2) is 0 Å². The minimum Gasteiger partial charge on any atom is -0.0877 e. The van der Waals surface area contributed by atoms with Crippen LogP contribution in [0.3, 0.4) is 0 Å². The molecule has 0 heterocycles. The van der Waals surface area contributed by atoms with Gasteiger partial charge in [0, 0.05) is 19.5 Å². The van der Waals surface area contributed by atoms with Crippen molar-refractivity contribution in [2.24, 2.45) is 0 Å². The molecule has 7 heavy (non-hydrogen) atoms. The average Bonchev–Trinajstić information content (AvgIpc) is 1.61. The molecule has 0 unspecified atom stereocenters. The van der Waals surface area contributed by atoms with Crippen LogP contribution >= 0.6 is 0 Å².